The molecule has 60 heavy (non-hydrogen) atoms. The van der Waals surface area contributed by atoms with Crippen LogP contribution in [0.1, 0.15) is 194 Å². The quantitative estimate of drug-likeness (QED) is 0.0200. The number of rotatable bonds is 43. The minimum atomic E-state index is -4.40. The highest BCUT2D eigenvalue weighted by Gasteiger charge is 2.36. The molecule has 0 amide bonds. The number of ether oxygens (including phenoxy) is 3. The molecule has 0 bridgehead atoms. The van der Waals surface area contributed by atoms with Gasteiger partial charge in [-0.25, -0.2) is 4.57 Å². The van der Waals surface area contributed by atoms with Gasteiger partial charge in [-0.3, -0.25) is 18.6 Å². The van der Waals surface area contributed by atoms with Gasteiger partial charge in [-0.05, 0) is 51.4 Å². The van der Waals surface area contributed by atoms with Crippen molar-refractivity contribution < 1.29 is 42.3 Å². The Morgan fingerprint density at radius 2 is 1.07 bits per heavy atom. The van der Waals surface area contributed by atoms with Crippen molar-refractivity contribution in [2.45, 2.75) is 212 Å². The molecule has 0 aromatic heterocycles. The van der Waals surface area contributed by atoms with Crippen molar-refractivity contribution in [1.82, 2.24) is 0 Å². The number of esters is 2. The number of nitrogens with two attached hydrogens (primary N) is 1. The SMILES string of the molecule is CC/C=C\CC1OC1C/C=C\C/C=C\C/C=C\C/C=C\CCC(=O)OC[C@H](COP(=O)(O)OCCN)OC(=O)CCCCCCCCCCCCCCCCCCCCC. The number of hydrogen-bond acceptors (Lipinski definition) is 9. The summed E-state index contributed by atoms with van der Waals surface area (Å²) in [5.41, 5.74) is 5.35. The molecular weight excluding hydrogens is 778 g/mol. The maximum atomic E-state index is 12.6. The molecule has 0 saturated carbocycles. The largest absolute Gasteiger partial charge is 0.472 e. The monoisotopic (exact) mass is 864 g/mol. The molecule has 0 radical (unpaired) electrons. The molecule has 11 heteroatoms. The Hall–Kier alpha value is -2.33. The predicted octanol–water partition coefficient (Wildman–Crippen LogP) is 13.0. The maximum absolute atomic E-state index is 12.6. The Bertz CT molecular complexity index is 1230. The summed E-state index contributed by atoms with van der Waals surface area (Å²) in [6.07, 6.45) is 51.7. The van der Waals surface area contributed by atoms with E-state index in [9.17, 15) is 19.0 Å². The normalized spacial score (nSPS) is 17.1. The van der Waals surface area contributed by atoms with Gasteiger partial charge in [0.25, 0.3) is 0 Å². The van der Waals surface area contributed by atoms with Gasteiger partial charge in [0.1, 0.15) is 6.61 Å². The van der Waals surface area contributed by atoms with E-state index in [2.05, 4.69) is 62.5 Å². The average molecular weight is 864 g/mol. The number of unbranched alkanes of at least 4 members (excludes halogenated alkanes) is 18. The zero-order valence-corrected chi connectivity index (χ0v) is 38.8. The Morgan fingerprint density at radius 3 is 1.57 bits per heavy atom. The first-order valence-electron chi connectivity index (χ1n) is 23.9. The summed E-state index contributed by atoms with van der Waals surface area (Å²) in [6.45, 7) is 3.54. The third-order valence-corrected chi connectivity index (χ3v) is 11.3. The highest BCUT2D eigenvalue weighted by molar-refractivity contribution is 7.47. The standard InChI is InChI=1S/C49H86NO9P/c1-3-5-7-8-9-10-11-12-13-14-15-16-17-18-23-26-29-32-36-40-49(52)58-45(44-57-60(53,54)56-42-41-50)43-55-48(51)39-35-31-28-25-22-20-19-21-24-27-30-34-38-47-46(59-47)37-33-6-4-2/h6,20-22,24,28,30-31,33-34,45-47H,3-5,7-19,23,25-27,29,32,35-44,50H2,1-2H3,(H,53,54)/b22-20-,24-21-,31-28-,33-6-,34-30-/t45-,46?,47?/m1/s1. The number of carbonyl (C=O) groups is 2. The van der Waals surface area contributed by atoms with Crippen molar-refractivity contribution in [2.24, 2.45) is 5.73 Å². The molecule has 10 nitrogen and oxygen atoms in total. The minimum Gasteiger partial charge on any atom is -0.462 e. The summed E-state index contributed by atoms with van der Waals surface area (Å²) >= 11 is 0. The zero-order chi connectivity index (χ0) is 43.6. The van der Waals surface area contributed by atoms with Gasteiger partial charge >= 0.3 is 19.8 Å². The van der Waals surface area contributed by atoms with Crippen LogP contribution >= 0.6 is 7.82 Å². The van der Waals surface area contributed by atoms with Gasteiger partial charge in [-0.2, -0.15) is 0 Å². The molecule has 1 fully saturated rings. The Morgan fingerprint density at radius 1 is 0.600 bits per heavy atom. The van der Waals surface area contributed by atoms with Crippen LogP contribution in [0.25, 0.3) is 0 Å². The lowest BCUT2D eigenvalue weighted by Crippen LogP contribution is -2.29. The molecule has 0 aliphatic carbocycles. The van der Waals surface area contributed by atoms with Gasteiger partial charge in [-0.15, -0.1) is 0 Å². The lowest BCUT2D eigenvalue weighted by molar-refractivity contribution is -0.161. The van der Waals surface area contributed by atoms with E-state index in [1.807, 2.05) is 12.2 Å². The molecular formula is C49H86NO9P. The first kappa shape index (κ1) is 55.7. The number of carbonyl (C=O) groups excluding carboxylic acids is 2. The van der Waals surface area contributed by atoms with Crippen LogP contribution in [0.2, 0.25) is 0 Å². The molecule has 346 valence electrons. The van der Waals surface area contributed by atoms with Crippen molar-refractivity contribution in [3.8, 4) is 0 Å². The maximum Gasteiger partial charge on any atom is 0.472 e. The summed E-state index contributed by atoms with van der Waals surface area (Å²) in [6, 6.07) is 0. The van der Waals surface area contributed by atoms with E-state index in [1.54, 1.807) is 0 Å². The van der Waals surface area contributed by atoms with E-state index in [-0.39, 0.29) is 32.6 Å². The number of phosphoric acid groups is 1. The topological polar surface area (TPSA) is 147 Å². The molecule has 0 spiro atoms. The van der Waals surface area contributed by atoms with Crippen LogP contribution in [0.4, 0.5) is 0 Å². The van der Waals surface area contributed by atoms with Crippen LogP contribution in [0, 0.1) is 0 Å². The Balaban J connectivity index is 2.17. The molecule has 0 aromatic rings. The summed E-state index contributed by atoms with van der Waals surface area (Å²) in [7, 11) is -4.40. The van der Waals surface area contributed by atoms with Crippen LogP contribution in [-0.2, 0) is 37.4 Å². The molecule has 3 N–H and O–H groups in total. The summed E-state index contributed by atoms with van der Waals surface area (Å²) in [5, 5.41) is 0. The Labute approximate surface area is 365 Å². The summed E-state index contributed by atoms with van der Waals surface area (Å²) < 4.78 is 38.5. The van der Waals surface area contributed by atoms with E-state index in [4.69, 9.17) is 29.0 Å². The van der Waals surface area contributed by atoms with Gasteiger partial charge in [0.2, 0.25) is 0 Å². The highest BCUT2D eigenvalue weighted by atomic mass is 31.2. The number of phosphoric ester groups is 1. The first-order chi connectivity index (χ1) is 29.3. The minimum absolute atomic E-state index is 0.0409. The van der Waals surface area contributed by atoms with Crippen LogP contribution in [-0.4, -0.2) is 61.5 Å². The van der Waals surface area contributed by atoms with Crippen LogP contribution in [0.5, 0.6) is 0 Å². The zero-order valence-electron chi connectivity index (χ0n) is 37.9. The van der Waals surface area contributed by atoms with Crippen LogP contribution in [0.15, 0.2) is 60.8 Å². The van der Waals surface area contributed by atoms with Gasteiger partial charge in [0.05, 0.1) is 25.4 Å². The van der Waals surface area contributed by atoms with Crippen LogP contribution < -0.4 is 5.73 Å². The second-order valence-corrected chi connectivity index (χ2v) is 17.4. The number of epoxide rings is 1. The first-order valence-corrected chi connectivity index (χ1v) is 25.4. The number of hydrogen-bond donors (Lipinski definition) is 2. The van der Waals surface area contributed by atoms with Gasteiger partial charge in [-0.1, -0.05) is 190 Å². The van der Waals surface area contributed by atoms with E-state index in [0.29, 0.717) is 25.0 Å². The summed E-state index contributed by atoms with van der Waals surface area (Å²) in [5.74, 6) is -0.927. The molecule has 1 aliphatic rings. The van der Waals surface area contributed by atoms with Crippen LogP contribution in [0.3, 0.4) is 0 Å². The van der Waals surface area contributed by atoms with Crippen molar-refractivity contribution in [3.05, 3.63) is 60.8 Å². The highest BCUT2D eigenvalue weighted by Crippen LogP contribution is 2.43. The van der Waals surface area contributed by atoms with Gasteiger partial charge in [0, 0.05) is 19.4 Å². The predicted molar refractivity (Wildman–Crippen MR) is 247 cm³/mol. The second-order valence-electron chi connectivity index (χ2n) is 16.0. The van der Waals surface area contributed by atoms with Crippen molar-refractivity contribution >= 4 is 19.8 Å². The molecule has 1 saturated heterocycles. The smallest absolute Gasteiger partial charge is 0.462 e. The van der Waals surface area contributed by atoms with Crippen molar-refractivity contribution in [1.29, 1.82) is 0 Å². The Kier molecular flexibility index (Phi) is 37.8. The average Bonchev–Trinajstić information content (AvgIpc) is 3.99. The molecule has 3 unspecified atom stereocenters. The lowest BCUT2D eigenvalue weighted by Gasteiger charge is -2.19. The second kappa shape index (κ2) is 40.7. The van der Waals surface area contributed by atoms with E-state index in [1.165, 1.54) is 96.3 Å². The fraction of sp³-hybridized carbons (Fsp3) is 0.755. The molecule has 0 aromatic carbocycles. The molecule has 4 atom stereocenters. The third kappa shape index (κ3) is 37.4. The lowest BCUT2D eigenvalue weighted by atomic mass is 10.0. The third-order valence-electron chi connectivity index (χ3n) is 10.3. The molecule has 1 heterocycles. The molecule has 1 aliphatic heterocycles. The van der Waals surface area contributed by atoms with E-state index < -0.39 is 32.5 Å². The fourth-order valence-electron chi connectivity index (χ4n) is 6.70. The summed E-state index contributed by atoms with van der Waals surface area (Å²) in [4.78, 5) is 34.9. The van der Waals surface area contributed by atoms with Gasteiger partial charge < -0.3 is 24.8 Å². The van der Waals surface area contributed by atoms with Crippen molar-refractivity contribution in [2.75, 3.05) is 26.4 Å². The fourth-order valence-corrected chi connectivity index (χ4v) is 7.47. The van der Waals surface area contributed by atoms with E-state index >= 15 is 0 Å². The molecule has 1 rings (SSSR count). The van der Waals surface area contributed by atoms with Crippen molar-refractivity contribution in [3.63, 3.8) is 0 Å². The number of allylic oxidation sites excluding steroid dienone is 8. The van der Waals surface area contributed by atoms with E-state index in [0.717, 1.165) is 57.8 Å². The van der Waals surface area contributed by atoms with Gasteiger partial charge in [0.15, 0.2) is 6.10 Å².